The fourth-order valence-corrected chi connectivity index (χ4v) is 5.17. The van der Waals surface area contributed by atoms with Crippen molar-refractivity contribution in [3.8, 4) is 5.75 Å². The molecule has 1 aliphatic rings. The van der Waals surface area contributed by atoms with Crippen molar-refractivity contribution in [2.75, 3.05) is 38.2 Å². The lowest BCUT2D eigenvalue weighted by atomic mass is 9.99. The molecule has 0 bridgehead atoms. The molecule has 0 radical (unpaired) electrons. The van der Waals surface area contributed by atoms with E-state index >= 15 is 0 Å². The lowest BCUT2D eigenvalue weighted by molar-refractivity contribution is -0.116. The van der Waals surface area contributed by atoms with Crippen LogP contribution >= 0.6 is 0 Å². The minimum atomic E-state index is -3.82. The highest BCUT2D eigenvalue weighted by Gasteiger charge is 2.29. The van der Waals surface area contributed by atoms with Crippen LogP contribution in [0, 0.1) is 13.8 Å². The number of ketones is 1. The maximum atomic E-state index is 13.2. The second-order valence-electron chi connectivity index (χ2n) is 7.90. The van der Waals surface area contributed by atoms with E-state index in [1.165, 1.54) is 16.4 Å². The summed E-state index contributed by atoms with van der Waals surface area (Å²) in [5.74, 6) is -0.242. The highest BCUT2D eigenvalue weighted by atomic mass is 32.2. The Bertz CT molecular complexity index is 1120. The maximum absolute atomic E-state index is 13.2. The Morgan fingerprint density at radius 2 is 1.79 bits per heavy atom. The van der Waals surface area contributed by atoms with Crippen LogP contribution in [0.1, 0.15) is 41.3 Å². The number of rotatable bonds is 9. The second kappa shape index (κ2) is 10.9. The van der Waals surface area contributed by atoms with Gasteiger partial charge in [-0.2, -0.15) is 4.31 Å². The summed E-state index contributed by atoms with van der Waals surface area (Å²) in [4.78, 5) is 25.1. The summed E-state index contributed by atoms with van der Waals surface area (Å²) in [6, 6.07) is 10.2. The van der Waals surface area contributed by atoms with E-state index in [2.05, 4.69) is 5.32 Å². The molecule has 0 aromatic heterocycles. The van der Waals surface area contributed by atoms with Crippen molar-refractivity contribution in [3.63, 3.8) is 0 Å². The van der Waals surface area contributed by atoms with Gasteiger partial charge in [0.2, 0.25) is 15.9 Å². The Balaban J connectivity index is 1.72. The van der Waals surface area contributed by atoms with Crippen molar-refractivity contribution in [1.82, 2.24) is 4.31 Å². The number of nitrogens with one attached hydrogen (secondary N) is 1. The number of morpholine rings is 1. The minimum Gasteiger partial charge on any atom is -0.492 e. The number of nitrogens with zero attached hydrogens (tertiary/aromatic N) is 1. The first-order valence-corrected chi connectivity index (χ1v) is 12.4. The second-order valence-corrected chi connectivity index (χ2v) is 9.81. The van der Waals surface area contributed by atoms with Gasteiger partial charge in [-0.15, -0.1) is 0 Å². The lowest BCUT2D eigenvalue weighted by Crippen LogP contribution is -2.40. The highest BCUT2D eigenvalue weighted by Crippen LogP contribution is 2.30. The van der Waals surface area contributed by atoms with Crippen LogP contribution in [-0.4, -0.2) is 57.3 Å². The summed E-state index contributed by atoms with van der Waals surface area (Å²) in [7, 11) is -3.82. The van der Waals surface area contributed by atoms with Gasteiger partial charge in [-0.25, -0.2) is 8.42 Å². The van der Waals surface area contributed by atoms with Crippen LogP contribution in [0.3, 0.4) is 0 Å². The van der Waals surface area contributed by atoms with Gasteiger partial charge in [-0.3, -0.25) is 9.59 Å². The van der Waals surface area contributed by atoms with E-state index in [4.69, 9.17) is 9.47 Å². The van der Waals surface area contributed by atoms with Crippen molar-refractivity contribution in [3.05, 3.63) is 53.1 Å². The molecule has 0 atom stereocenters. The van der Waals surface area contributed by atoms with E-state index in [0.29, 0.717) is 31.1 Å². The normalized spacial score (nSPS) is 14.6. The van der Waals surface area contributed by atoms with Crippen LogP contribution < -0.4 is 10.1 Å². The largest absolute Gasteiger partial charge is 0.492 e. The number of Topliss-reactive ketones (excluding diaryl/α,β-unsaturated/α-hetero) is 1. The molecule has 1 N–H and O–H groups in total. The van der Waals surface area contributed by atoms with E-state index in [1.54, 1.807) is 13.0 Å². The van der Waals surface area contributed by atoms with E-state index < -0.39 is 10.0 Å². The van der Waals surface area contributed by atoms with Crippen LogP contribution in [-0.2, 0) is 19.6 Å². The lowest BCUT2D eigenvalue weighted by Gasteiger charge is -2.27. The first kappa shape index (κ1) is 24.9. The third kappa shape index (κ3) is 6.19. The first-order valence-electron chi connectivity index (χ1n) is 11.0. The number of sulfonamides is 1. The zero-order valence-electron chi connectivity index (χ0n) is 19.2. The van der Waals surface area contributed by atoms with E-state index in [9.17, 15) is 18.0 Å². The summed E-state index contributed by atoms with van der Waals surface area (Å²) < 4.78 is 38.5. The molecule has 178 valence electrons. The molecule has 0 aliphatic carbocycles. The van der Waals surface area contributed by atoms with Gasteiger partial charge in [0, 0.05) is 37.2 Å². The molecule has 1 heterocycles. The summed E-state index contributed by atoms with van der Waals surface area (Å²) >= 11 is 0. The van der Waals surface area contributed by atoms with Crippen LogP contribution in [0.4, 0.5) is 5.69 Å². The quantitative estimate of drug-likeness (QED) is 0.560. The standard InChI is InChI=1S/C24H30N2O6S/c1-4-32-22-9-7-19(16-23(22)33(29,30)26-11-13-31-14-12-26)25-24(28)10-8-21(27)20-15-17(2)5-6-18(20)3/h5-7,9,15-16H,4,8,10-14H2,1-3H3,(H,25,28). The molecule has 1 aliphatic heterocycles. The fourth-order valence-electron chi connectivity index (χ4n) is 3.61. The van der Waals surface area contributed by atoms with Crippen molar-refractivity contribution >= 4 is 27.4 Å². The van der Waals surface area contributed by atoms with Crippen LogP contribution in [0.2, 0.25) is 0 Å². The zero-order chi connectivity index (χ0) is 24.0. The van der Waals surface area contributed by atoms with Crippen LogP contribution in [0.25, 0.3) is 0 Å². The molecule has 0 spiro atoms. The van der Waals surface area contributed by atoms with Crippen molar-refractivity contribution in [2.24, 2.45) is 0 Å². The summed E-state index contributed by atoms with van der Waals surface area (Å²) in [5, 5.41) is 2.71. The molecule has 0 unspecified atom stereocenters. The minimum absolute atomic E-state index is 0.00416. The highest BCUT2D eigenvalue weighted by molar-refractivity contribution is 7.89. The van der Waals surface area contributed by atoms with Crippen molar-refractivity contribution in [1.29, 1.82) is 0 Å². The number of aryl methyl sites for hydroxylation is 2. The Morgan fingerprint density at radius 3 is 2.48 bits per heavy atom. The third-order valence-corrected chi connectivity index (χ3v) is 7.31. The Hall–Kier alpha value is -2.75. The van der Waals surface area contributed by atoms with Gasteiger partial charge in [0.05, 0.1) is 19.8 Å². The summed E-state index contributed by atoms with van der Waals surface area (Å²) in [6.45, 7) is 7.02. The molecule has 2 aromatic carbocycles. The molecule has 0 saturated carbocycles. The molecule has 1 amide bonds. The Kier molecular flexibility index (Phi) is 8.23. The molecule has 9 heteroatoms. The molecule has 1 saturated heterocycles. The summed E-state index contributed by atoms with van der Waals surface area (Å²) in [6.07, 6.45) is 0.0526. The van der Waals surface area contributed by atoms with Gasteiger partial charge >= 0.3 is 0 Å². The average Bonchev–Trinajstić information content (AvgIpc) is 2.80. The van der Waals surface area contributed by atoms with E-state index in [1.807, 2.05) is 32.0 Å². The molecule has 2 aromatic rings. The first-order chi connectivity index (χ1) is 15.7. The Labute approximate surface area is 194 Å². The van der Waals surface area contributed by atoms with Gasteiger partial charge in [-0.05, 0) is 50.6 Å². The van der Waals surface area contributed by atoms with Gasteiger partial charge in [0.25, 0.3) is 0 Å². The van der Waals surface area contributed by atoms with Crippen LogP contribution in [0.15, 0.2) is 41.3 Å². The predicted molar refractivity (Wildman–Crippen MR) is 125 cm³/mol. The number of carbonyl (C=O) groups is 2. The SMILES string of the molecule is CCOc1ccc(NC(=O)CCC(=O)c2cc(C)ccc2C)cc1S(=O)(=O)N1CCOCC1. The topological polar surface area (TPSA) is 102 Å². The molecule has 8 nitrogen and oxygen atoms in total. The Morgan fingerprint density at radius 1 is 1.06 bits per heavy atom. The van der Waals surface area contributed by atoms with Gasteiger partial charge in [-0.1, -0.05) is 17.7 Å². The molecule has 1 fully saturated rings. The van der Waals surface area contributed by atoms with E-state index in [-0.39, 0.29) is 48.3 Å². The number of hydrogen-bond acceptors (Lipinski definition) is 6. The maximum Gasteiger partial charge on any atom is 0.246 e. The van der Waals surface area contributed by atoms with Crippen LogP contribution in [0.5, 0.6) is 5.75 Å². The molecule has 33 heavy (non-hydrogen) atoms. The molecular formula is C24H30N2O6S. The third-order valence-electron chi connectivity index (χ3n) is 5.39. The predicted octanol–water partition coefficient (Wildman–Crippen LogP) is 3.32. The van der Waals surface area contributed by atoms with Gasteiger partial charge in [0.15, 0.2) is 5.78 Å². The smallest absolute Gasteiger partial charge is 0.246 e. The number of hydrogen-bond donors (Lipinski definition) is 1. The van der Waals surface area contributed by atoms with E-state index in [0.717, 1.165) is 11.1 Å². The average molecular weight is 475 g/mol. The summed E-state index contributed by atoms with van der Waals surface area (Å²) in [5.41, 5.74) is 2.80. The zero-order valence-corrected chi connectivity index (χ0v) is 20.0. The number of benzene rings is 2. The number of amides is 1. The number of carbonyl (C=O) groups excluding carboxylic acids is 2. The number of anilines is 1. The van der Waals surface area contributed by atoms with Gasteiger partial charge < -0.3 is 14.8 Å². The number of ether oxygens (including phenoxy) is 2. The van der Waals surface area contributed by atoms with Crippen molar-refractivity contribution < 1.29 is 27.5 Å². The monoisotopic (exact) mass is 474 g/mol. The molecular weight excluding hydrogens is 444 g/mol. The van der Waals surface area contributed by atoms with Crippen molar-refractivity contribution in [2.45, 2.75) is 38.5 Å². The molecule has 3 rings (SSSR count). The van der Waals surface area contributed by atoms with Gasteiger partial charge in [0.1, 0.15) is 10.6 Å². The fraction of sp³-hybridized carbons (Fsp3) is 0.417.